The predicted octanol–water partition coefficient (Wildman–Crippen LogP) is 1.09. The third kappa shape index (κ3) is 3.06. The highest BCUT2D eigenvalue weighted by atomic mass is 16.8. The van der Waals surface area contributed by atoms with Crippen molar-refractivity contribution >= 4 is 5.78 Å². The van der Waals surface area contributed by atoms with Crippen LogP contribution in [0.2, 0.25) is 0 Å². The summed E-state index contributed by atoms with van der Waals surface area (Å²) in [7, 11) is 1.54. The molecule has 4 heteroatoms. The van der Waals surface area contributed by atoms with E-state index < -0.39 is 12.1 Å². The van der Waals surface area contributed by atoms with Gasteiger partial charge in [-0.3, -0.25) is 4.79 Å². The topological polar surface area (TPSA) is 44.8 Å². The quantitative estimate of drug-likeness (QED) is 0.622. The summed E-state index contributed by atoms with van der Waals surface area (Å²) < 4.78 is 15.6. The molecule has 1 rings (SSSR count). The lowest BCUT2D eigenvalue weighted by Crippen LogP contribution is -2.40. The van der Waals surface area contributed by atoms with Crippen LogP contribution in [0.5, 0.6) is 0 Å². The second kappa shape index (κ2) is 4.17. The van der Waals surface area contributed by atoms with Crippen molar-refractivity contribution in [3.05, 3.63) is 0 Å². The molecule has 0 N–H and O–H groups in total. The zero-order valence-corrected chi connectivity index (χ0v) is 8.33. The molecule has 1 unspecified atom stereocenters. The molecule has 0 amide bonds. The Kier molecular flexibility index (Phi) is 3.41. The molecular formula is C9H16O4. The summed E-state index contributed by atoms with van der Waals surface area (Å²) >= 11 is 0. The van der Waals surface area contributed by atoms with Crippen molar-refractivity contribution in [2.75, 3.05) is 13.7 Å². The smallest absolute Gasteiger partial charge is 0.220 e. The maximum absolute atomic E-state index is 11.3. The molecule has 4 nitrogen and oxygen atoms in total. The van der Waals surface area contributed by atoms with Crippen molar-refractivity contribution < 1.29 is 19.0 Å². The summed E-state index contributed by atoms with van der Waals surface area (Å²) in [6, 6.07) is 0. The fourth-order valence-corrected chi connectivity index (χ4v) is 1.05. The molecule has 1 aliphatic rings. The highest BCUT2D eigenvalue weighted by Gasteiger charge is 2.30. The number of hydrogen-bond acceptors (Lipinski definition) is 4. The number of carbonyl (C=O) groups is 1. The van der Waals surface area contributed by atoms with Crippen molar-refractivity contribution in [1.29, 1.82) is 0 Å². The van der Waals surface area contributed by atoms with E-state index in [2.05, 4.69) is 0 Å². The van der Waals surface area contributed by atoms with E-state index in [9.17, 15) is 4.79 Å². The largest absolute Gasteiger partial charge is 0.354 e. The standard InChI is InChI=1S/C9H16O4/c1-9(2,11-3)13-8-7(10)5-4-6-12-8/h8H,4-6H2,1-3H3. The Labute approximate surface area is 78.2 Å². The van der Waals surface area contributed by atoms with Gasteiger partial charge in [0.25, 0.3) is 0 Å². The lowest BCUT2D eigenvalue weighted by atomic mass is 10.2. The molecule has 1 heterocycles. The van der Waals surface area contributed by atoms with E-state index in [-0.39, 0.29) is 5.78 Å². The number of methoxy groups -OCH3 is 1. The molecule has 0 aromatic carbocycles. The van der Waals surface area contributed by atoms with Gasteiger partial charge in [-0.05, 0) is 20.3 Å². The van der Waals surface area contributed by atoms with Crippen LogP contribution in [0.4, 0.5) is 0 Å². The molecule has 1 aliphatic heterocycles. The Balaban J connectivity index is 2.47. The van der Waals surface area contributed by atoms with E-state index >= 15 is 0 Å². The van der Waals surface area contributed by atoms with Crippen LogP contribution in [0.3, 0.4) is 0 Å². The van der Waals surface area contributed by atoms with E-state index in [1.54, 1.807) is 13.8 Å². The van der Waals surface area contributed by atoms with Crippen LogP contribution < -0.4 is 0 Å². The third-order valence-corrected chi connectivity index (χ3v) is 1.98. The molecule has 1 fully saturated rings. The molecule has 13 heavy (non-hydrogen) atoms. The van der Waals surface area contributed by atoms with Crippen LogP contribution in [-0.2, 0) is 19.0 Å². The van der Waals surface area contributed by atoms with Gasteiger partial charge >= 0.3 is 0 Å². The molecule has 0 radical (unpaired) electrons. The highest BCUT2D eigenvalue weighted by molar-refractivity contribution is 5.82. The van der Waals surface area contributed by atoms with E-state index in [4.69, 9.17) is 14.2 Å². The van der Waals surface area contributed by atoms with Gasteiger partial charge in [0.15, 0.2) is 11.6 Å². The van der Waals surface area contributed by atoms with Crippen LogP contribution in [0.1, 0.15) is 26.7 Å². The summed E-state index contributed by atoms with van der Waals surface area (Å²) in [5.41, 5.74) is 0. The maximum atomic E-state index is 11.3. The predicted molar refractivity (Wildman–Crippen MR) is 46.2 cm³/mol. The van der Waals surface area contributed by atoms with Crippen molar-refractivity contribution in [2.45, 2.75) is 38.8 Å². The number of Topliss-reactive ketones (excluding diaryl/α,β-unsaturated/α-hetero) is 1. The van der Waals surface area contributed by atoms with Gasteiger partial charge in [-0.1, -0.05) is 0 Å². The van der Waals surface area contributed by atoms with Gasteiger partial charge < -0.3 is 14.2 Å². The van der Waals surface area contributed by atoms with Crippen molar-refractivity contribution in [3.63, 3.8) is 0 Å². The molecule has 0 aliphatic carbocycles. The Morgan fingerprint density at radius 2 is 2.23 bits per heavy atom. The van der Waals surface area contributed by atoms with Gasteiger partial charge in [0.05, 0.1) is 6.61 Å². The number of ether oxygens (including phenoxy) is 3. The average Bonchev–Trinajstić information content (AvgIpc) is 2.09. The molecular weight excluding hydrogens is 172 g/mol. The van der Waals surface area contributed by atoms with Crippen molar-refractivity contribution in [2.24, 2.45) is 0 Å². The molecule has 1 saturated heterocycles. The van der Waals surface area contributed by atoms with Gasteiger partial charge in [0.1, 0.15) is 0 Å². The first kappa shape index (κ1) is 10.6. The third-order valence-electron chi connectivity index (χ3n) is 1.98. The first-order chi connectivity index (χ1) is 6.05. The molecule has 1 atom stereocenters. The van der Waals surface area contributed by atoms with Crippen LogP contribution in [0.25, 0.3) is 0 Å². The summed E-state index contributed by atoms with van der Waals surface area (Å²) in [4.78, 5) is 11.3. The molecule has 0 saturated carbocycles. The minimum atomic E-state index is -0.766. The first-order valence-electron chi connectivity index (χ1n) is 4.42. The Bertz CT molecular complexity index is 188. The monoisotopic (exact) mass is 188 g/mol. The number of carbonyl (C=O) groups excluding carboxylic acids is 1. The van der Waals surface area contributed by atoms with Gasteiger partial charge in [-0.25, -0.2) is 0 Å². The van der Waals surface area contributed by atoms with Crippen LogP contribution >= 0.6 is 0 Å². The van der Waals surface area contributed by atoms with E-state index in [1.807, 2.05) is 0 Å². The van der Waals surface area contributed by atoms with Gasteiger partial charge in [0, 0.05) is 13.5 Å². The Morgan fingerprint density at radius 1 is 1.54 bits per heavy atom. The van der Waals surface area contributed by atoms with Crippen LogP contribution in [0.15, 0.2) is 0 Å². The van der Waals surface area contributed by atoms with Crippen LogP contribution in [-0.4, -0.2) is 31.6 Å². The Hall–Kier alpha value is -0.450. The van der Waals surface area contributed by atoms with E-state index in [0.29, 0.717) is 13.0 Å². The normalized spacial score (nSPS) is 24.8. The minimum Gasteiger partial charge on any atom is -0.354 e. The number of rotatable bonds is 3. The lowest BCUT2D eigenvalue weighted by Gasteiger charge is -2.30. The second-order valence-electron chi connectivity index (χ2n) is 3.49. The molecule has 0 aromatic heterocycles. The van der Waals surface area contributed by atoms with E-state index in [1.165, 1.54) is 7.11 Å². The lowest BCUT2D eigenvalue weighted by molar-refractivity contribution is -0.280. The summed E-state index contributed by atoms with van der Waals surface area (Å²) in [5.74, 6) is -0.770. The summed E-state index contributed by atoms with van der Waals surface area (Å²) in [5, 5.41) is 0. The number of ketones is 1. The average molecular weight is 188 g/mol. The second-order valence-corrected chi connectivity index (χ2v) is 3.49. The maximum Gasteiger partial charge on any atom is 0.220 e. The fourth-order valence-electron chi connectivity index (χ4n) is 1.05. The zero-order valence-electron chi connectivity index (χ0n) is 8.33. The minimum absolute atomic E-state index is 0.00336. The first-order valence-corrected chi connectivity index (χ1v) is 4.42. The van der Waals surface area contributed by atoms with Gasteiger partial charge in [0.2, 0.25) is 6.29 Å². The molecule has 0 bridgehead atoms. The van der Waals surface area contributed by atoms with Gasteiger partial charge in [-0.15, -0.1) is 0 Å². The Morgan fingerprint density at radius 3 is 2.77 bits per heavy atom. The summed E-state index contributed by atoms with van der Waals surface area (Å²) in [6.07, 6.45) is 0.569. The molecule has 0 aromatic rings. The van der Waals surface area contributed by atoms with E-state index in [0.717, 1.165) is 6.42 Å². The molecule has 0 spiro atoms. The van der Waals surface area contributed by atoms with Gasteiger partial charge in [-0.2, -0.15) is 0 Å². The summed E-state index contributed by atoms with van der Waals surface area (Å²) in [6.45, 7) is 4.08. The zero-order chi connectivity index (χ0) is 9.90. The molecule has 76 valence electrons. The highest BCUT2D eigenvalue weighted by Crippen LogP contribution is 2.18. The number of hydrogen-bond donors (Lipinski definition) is 0. The van der Waals surface area contributed by atoms with Crippen molar-refractivity contribution in [3.8, 4) is 0 Å². The SMILES string of the molecule is COC(C)(C)OC1OCCCC1=O. The fraction of sp³-hybridized carbons (Fsp3) is 0.889. The van der Waals surface area contributed by atoms with Crippen molar-refractivity contribution in [1.82, 2.24) is 0 Å². The van der Waals surface area contributed by atoms with Crippen LogP contribution in [0, 0.1) is 0 Å².